The number of hydrogen-bond acceptors (Lipinski definition) is 6. The minimum Gasteiger partial charge on any atom is -0.376 e. The van der Waals surface area contributed by atoms with Crippen molar-refractivity contribution in [3.8, 4) is 0 Å². The molecule has 0 spiro atoms. The highest BCUT2D eigenvalue weighted by Crippen LogP contribution is 2.26. The van der Waals surface area contributed by atoms with Gasteiger partial charge in [-0.25, -0.2) is 4.98 Å². The predicted octanol–water partition coefficient (Wildman–Crippen LogP) is 3.49. The van der Waals surface area contributed by atoms with Crippen LogP contribution in [0.3, 0.4) is 0 Å². The van der Waals surface area contributed by atoms with Crippen molar-refractivity contribution in [3.05, 3.63) is 11.4 Å². The summed E-state index contributed by atoms with van der Waals surface area (Å²) in [7, 11) is 0. The van der Waals surface area contributed by atoms with Gasteiger partial charge in [0.1, 0.15) is 10.6 Å². The molecule has 1 atom stereocenters. The molecule has 0 aliphatic carbocycles. The largest absolute Gasteiger partial charge is 0.376 e. The number of hydrogen-bond donors (Lipinski definition) is 2. The number of fused-ring (bicyclic) bond motifs is 1. The Balaban J connectivity index is 1.73. The van der Waals surface area contributed by atoms with Gasteiger partial charge in [-0.05, 0) is 37.1 Å². The highest BCUT2D eigenvalue weighted by Gasteiger charge is 2.15. The van der Waals surface area contributed by atoms with E-state index in [1.807, 2.05) is 0 Å². The fraction of sp³-hybridized carbons (Fsp3) is 0.600. The smallest absolute Gasteiger partial charge is 0.226 e. The van der Waals surface area contributed by atoms with Crippen LogP contribution in [0.5, 0.6) is 0 Å². The van der Waals surface area contributed by atoms with Gasteiger partial charge in [0.2, 0.25) is 5.95 Å². The lowest BCUT2D eigenvalue weighted by molar-refractivity contribution is 0.0247. The highest BCUT2D eigenvalue weighted by atomic mass is 32.1. The van der Waals surface area contributed by atoms with Crippen LogP contribution in [-0.2, 0) is 4.74 Å². The summed E-state index contributed by atoms with van der Waals surface area (Å²) in [5.41, 5.74) is 0. The predicted molar refractivity (Wildman–Crippen MR) is 88.3 cm³/mol. The van der Waals surface area contributed by atoms with Crippen LogP contribution in [0.25, 0.3) is 10.2 Å². The molecule has 6 heteroatoms. The second kappa shape index (κ2) is 7.04. The summed E-state index contributed by atoms with van der Waals surface area (Å²) in [5.74, 6) is 1.62. The van der Waals surface area contributed by atoms with Crippen LogP contribution < -0.4 is 10.6 Å². The lowest BCUT2D eigenvalue weighted by atomic mass is 10.1. The second-order valence-corrected chi connectivity index (χ2v) is 6.23. The average molecular weight is 306 g/mol. The van der Waals surface area contributed by atoms with Crippen LogP contribution in [0.1, 0.15) is 32.6 Å². The van der Waals surface area contributed by atoms with Crippen molar-refractivity contribution in [2.24, 2.45) is 0 Å². The molecular weight excluding hydrogens is 284 g/mol. The first-order chi connectivity index (χ1) is 10.4. The first-order valence-corrected chi connectivity index (χ1v) is 8.59. The molecule has 5 nitrogen and oxygen atoms in total. The highest BCUT2D eigenvalue weighted by molar-refractivity contribution is 7.16. The molecule has 2 aromatic rings. The van der Waals surface area contributed by atoms with E-state index in [4.69, 9.17) is 4.74 Å². The third kappa shape index (κ3) is 3.63. The molecule has 0 amide bonds. The van der Waals surface area contributed by atoms with Crippen LogP contribution in [0.4, 0.5) is 11.8 Å². The Labute approximate surface area is 129 Å². The molecule has 1 fully saturated rings. The number of aromatic nitrogens is 2. The Bertz CT molecular complexity index is 580. The third-order valence-electron chi connectivity index (χ3n) is 3.63. The van der Waals surface area contributed by atoms with E-state index in [2.05, 4.69) is 39.0 Å². The minimum atomic E-state index is 0.300. The van der Waals surface area contributed by atoms with Gasteiger partial charge < -0.3 is 15.4 Å². The summed E-state index contributed by atoms with van der Waals surface area (Å²) < 4.78 is 5.77. The zero-order valence-electron chi connectivity index (χ0n) is 12.4. The summed E-state index contributed by atoms with van der Waals surface area (Å²) in [5, 5.41) is 9.87. The minimum absolute atomic E-state index is 0.300. The molecule has 21 heavy (non-hydrogen) atoms. The van der Waals surface area contributed by atoms with Gasteiger partial charge in [0.15, 0.2) is 0 Å². The summed E-state index contributed by atoms with van der Waals surface area (Å²) in [6.07, 6.45) is 4.93. The molecule has 1 aliphatic heterocycles. The maximum Gasteiger partial charge on any atom is 0.226 e. The van der Waals surface area contributed by atoms with Gasteiger partial charge in [0, 0.05) is 19.7 Å². The molecule has 0 bridgehead atoms. The number of nitrogens with zero attached hydrogens (tertiary/aromatic N) is 2. The molecular formula is C15H22N4OS. The van der Waals surface area contributed by atoms with Crippen LogP contribution in [0.15, 0.2) is 11.4 Å². The van der Waals surface area contributed by atoms with Crippen molar-refractivity contribution in [3.63, 3.8) is 0 Å². The molecule has 1 unspecified atom stereocenters. The first kappa shape index (κ1) is 14.5. The number of thiophene rings is 1. The molecule has 0 aromatic carbocycles. The normalized spacial score (nSPS) is 18.8. The molecule has 3 rings (SSSR count). The van der Waals surface area contributed by atoms with E-state index >= 15 is 0 Å². The summed E-state index contributed by atoms with van der Waals surface area (Å²) in [6.45, 7) is 4.72. The third-order valence-corrected chi connectivity index (χ3v) is 4.44. The van der Waals surface area contributed by atoms with Crippen molar-refractivity contribution in [2.75, 3.05) is 30.3 Å². The van der Waals surface area contributed by atoms with E-state index in [9.17, 15) is 0 Å². The topological polar surface area (TPSA) is 59.1 Å². The number of ether oxygens (including phenoxy) is 1. The van der Waals surface area contributed by atoms with Gasteiger partial charge in [-0.1, -0.05) is 6.92 Å². The van der Waals surface area contributed by atoms with Crippen molar-refractivity contribution in [1.29, 1.82) is 0 Å². The lowest BCUT2D eigenvalue weighted by Crippen LogP contribution is -2.27. The molecule has 0 saturated carbocycles. The van der Waals surface area contributed by atoms with E-state index < -0.39 is 0 Å². The van der Waals surface area contributed by atoms with Crippen LogP contribution in [0, 0.1) is 0 Å². The fourth-order valence-corrected chi connectivity index (χ4v) is 3.25. The van der Waals surface area contributed by atoms with Crippen molar-refractivity contribution >= 4 is 33.3 Å². The van der Waals surface area contributed by atoms with Crippen LogP contribution >= 0.6 is 11.3 Å². The molecule has 1 aliphatic rings. The standard InChI is InChI=1S/C15H22N4OS/c1-2-7-16-15-18-13(12-6-9-21-14(12)19-15)17-10-11-5-3-4-8-20-11/h6,9,11H,2-5,7-8,10H2,1H3,(H2,16,17,18,19). The fourth-order valence-electron chi connectivity index (χ4n) is 2.48. The maximum absolute atomic E-state index is 5.77. The Morgan fingerprint density at radius 3 is 3.10 bits per heavy atom. The van der Waals surface area contributed by atoms with Crippen molar-refractivity contribution in [1.82, 2.24) is 9.97 Å². The zero-order valence-corrected chi connectivity index (χ0v) is 13.2. The van der Waals surface area contributed by atoms with E-state index in [-0.39, 0.29) is 0 Å². The quantitative estimate of drug-likeness (QED) is 0.855. The van der Waals surface area contributed by atoms with Crippen molar-refractivity contribution in [2.45, 2.75) is 38.7 Å². The van der Waals surface area contributed by atoms with Gasteiger partial charge in [-0.2, -0.15) is 4.98 Å². The molecule has 1 saturated heterocycles. The number of anilines is 2. The first-order valence-electron chi connectivity index (χ1n) is 7.71. The Hall–Kier alpha value is -1.40. The zero-order chi connectivity index (χ0) is 14.5. The van der Waals surface area contributed by atoms with Crippen molar-refractivity contribution < 1.29 is 4.74 Å². The van der Waals surface area contributed by atoms with E-state index in [1.165, 1.54) is 12.8 Å². The lowest BCUT2D eigenvalue weighted by Gasteiger charge is -2.23. The van der Waals surface area contributed by atoms with E-state index in [0.717, 1.165) is 48.6 Å². The Kier molecular flexibility index (Phi) is 4.87. The van der Waals surface area contributed by atoms with E-state index in [1.54, 1.807) is 11.3 Å². The molecule has 114 valence electrons. The Morgan fingerprint density at radius 1 is 1.33 bits per heavy atom. The summed E-state index contributed by atoms with van der Waals surface area (Å²) >= 11 is 1.65. The van der Waals surface area contributed by atoms with Gasteiger partial charge in [0.05, 0.1) is 11.5 Å². The second-order valence-electron chi connectivity index (χ2n) is 5.33. The molecule has 0 radical (unpaired) electrons. The van der Waals surface area contributed by atoms with Gasteiger partial charge >= 0.3 is 0 Å². The van der Waals surface area contributed by atoms with E-state index in [0.29, 0.717) is 12.1 Å². The molecule has 2 N–H and O–H groups in total. The van der Waals surface area contributed by atoms with Gasteiger partial charge in [-0.3, -0.25) is 0 Å². The Morgan fingerprint density at radius 2 is 2.29 bits per heavy atom. The molecule has 2 aromatic heterocycles. The maximum atomic E-state index is 5.77. The average Bonchev–Trinajstić information content (AvgIpc) is 3.00. The monoisotopic (exact) mass is 306 g/mol. The van der Waals surface area contributed by atoms with Crippen LogP contribution in [0.2, 0.25) is 0 Å². The number of nitrogens with one attached hydrogen (secondary N) is 2. The van der Waals surface area contributed by atoms with Gasteiger partial charge in [0.25, 0.3) is 0 Å². The molecule has 3 heterocycles. The SMILES string of the molecule is CCCNc1nc(NCC2CCCCO2)c2ccsc2n1. The van der Waals surface area contributed by atoms with Gasteiger partial charge in [-0.15, -0.1) is 11.3 Å². The summed E-state index contributed by atoms with van der Waals surface area (Å²) in [4.78, 5) is 10.2. The van der Waals surface area contributed by atoms with Crippen LogP contribution in [-0.4, -0.2) is 35.8 Å². The number of rotatable bonds is 6. The summed E-state index contributed by atoms with van der Waals surface area (Å²) in [6, 6.07) is 2.08.